The number of aryl methyl sites for hydroxylation is 1. The van der Waals surface area contributed by atoms with Crippen LogP contribution in [0.2, 0.25) is 0 Å². The summed E-state index contributed by atoms with van der Waals surface area (Å²) < 4.78 is 13.8. The second-order valence-corrected chi connectivity index (χ2v) is 5.58. The van der Waals surface area contributed by atoms with Gasteiger partial charge in [0.05, 0.1) is 5.01 Å². The van der Waals surface area contributed by atoms with E-state index in [4.69, 9.17) is 5.73 Å². The van der Waals surface area contributed by atoms with E-state index in [9.17, 15) is 4.39 Å². The highest BCUT2D eigenvalue weighted by atomic mass is 32.1. The van der Waals surface area contributed by atoms with Crippen molar-refractivity contribution >= 4 is 16.3 Å². The van der Waals surface area contributed by atoms with Crippen LogP contribution in [-0.4, -0.2) is 4.98 Å². The number of anilines is 1. The highest BCUT2D eigenvalue weighted by Gasteiger charge is 2.28. The molecule has 0 atom stereocenters. The molecule has 1 aromatic heterocycles. The minimum Gasteiger partial charge on any atom is -0.389 e. The van der Waals surface area contributed by atoms with Gasteiger partial charge in [-0.05, 0) is 31.9 Å². The van der Waals surface area contributed by atoms with Crippen molar-refractivity contribution in [3.05, 3.63) is 34.6 Å². The van der Waals surface area contributed by atoms with Crippen molar-refractivity contribution in [2.45, 2.75) is 25.7 Å². The van der Waals surface area contributed by atoms with Crippen molar-refractivity contribution in [3.63, 3.8) is 0 Å². The molecule has 2 aromatic rings. The number of nitrogens with two attached hydrogens (primary N) is 1. The Labute approximate surface area is 103 Å². The van der Waals surface area contributed by atoms with E-state index in [1.54, 1.807) is 12.1 Å². The number of hydrogen-bond donors (Lipinski definition) is 1. The van der Waals surface area contributed by atoms with Gasteiger partial charge in [-0.2, -0.15) is 0 Å². The molecule has 0 amide bonds. The molecule has 0 unspecified atom stereocenters. The van der Waals surface area contributed by atoms with Gasteiger partial charge in [0.1, 0.15) is 16.5 Å². The second-order valence-electron chi connectivity index (χ2n) is 4.52. The first-order valence-electron chi connectivity index (χ1n) is 5.68. The summed E-state index contributed by atoms with van der Waals surface area (Å²) in [6, 6.07) is 5.03. The Morgan fingerprint density at radius 2 is 2.18 bits per heavy atom. The molecule has 2 nitrogen and oxygen atoms in total. The number of thiazole rings is 1. The van der Waals surface area contributed by atoms with E-state index in [1.807, 2.05) is 6.92 Å². The third kappa shape index (κ3) is 1.93. The summed E-state index contributed by atoms with van der Waals surface area (Å²) in [5.74, 6) is 0.305. The minimum atomic E-state index is -0.255. The fourth-order valence-electron chi connectivity index (χ4n) is 1.87. The zero-order valence-electron chi connectivity index (χ0n) is 9.53. The number of benzene rings is 1. The van der Waals surface area contributed by atoms with Gasteiger partial charge in [-0.3, -0.25) is 0 Å². The van der Waals surface area contributed by atoms with Crippen molar-refractivity contribution in [2.75, 3.05) is 5.73 Å². The van der Waals surface area contributed by atoms with E-state index >= 15 is 0 Å². The van der Waals surface area contributed by atoms with Crippen molar-refractivity contribution in [2.24, 2.45) is 0 Å². The Morgan fingerprint density at radius 3 is 2.88 bits per heavy atom. The SMILES string of the molecule is Cc1ccc(F)c(-c2nc(C3CC3)sc2N)c1. The molecule has 1 fully saturated rings. The number of rotatable bonds is 2. The van der Waals surface area contributed by atoms with Crippen LogP contribution in [0.25, 0.3) is 11.3 Å². The molecule has 0 aliphatic heterocycles. The van der Waals surface area contributed by atoms with Crippen molar-refractivity contribution < 1.29 is 4.39 Å². The van der Waals surface area contributed by atoms with Crippen LogP contribution in [0.15, 0.2) is 18.2 Å². The predicted octanol–water partition coefficient (Wildman–Crippen LogP) is 3.72. The number of nitrogen functional groups attached to an aromatic ring is 1. The molecular formula is C13H13FN2S. The average Bonchev–Trinajstić information content (AvgIpc) is 3.07. The van der Waals surface area contributed by atoms with Crippen LogP contribution < -0.4 is 5.73 Å². The second kappa shape index (κ2) is 3.81. The maximum absolute atomic E-state index is 13.8. The first-order valence-corrected chi connectivity index (χ1v) is 6.49. The third-order valence-corrected chi connectivity index (χ3v) is 4.02. The van der Waals surface area contributed by atoms with E-state index < -0.39 is 0 Å². The number of halogens is 1. The standard InChI is InChI=1S/C13H13FN2S/c1-7-2-5-10(14)9(6-7)11-12(15)17-13(16-11)8-3-4-8/h2,5-6,8H,3-4,15H2,1H3. The Bertz CT molecular complexity index is 573. The van der Waals surface area contributed by atoms with Crippen LogP contribution in [-0.2, 0) is 0 Å². The normalized spacial score (nSPS) is 15.2. The summed E-state index contributed by atoms with van der Waals surface area (Å²) in [5, 5.41) is 1.68. The van der Waals surface area contributed by atoms with E-state index in [-0.39, 0.29) is 5.82 Å². The summed E-state index contributed by atoms with van der Waals surface area (Å²) in [6.45, 7) is 1.94. The van der Waals surface area contributed by atoms with Gasteiger partial charge in [0.15, 0.2) is 0 Å². The molecule has 3 rings (SSSR count). The molecule has 4 heteroatoms. The molecular weight excluding hydrogens is 235 g/mol. The highest BCUT2D eigenvalue weighted by molar-refractivity contribution is 7.16. The lowest BCUT2D eigenvalue weighted by Gasteiger charge is -2.02. The quantitative estimate of drug-likeness (QED) is 0.879. The summed E-state index contributed by atoms with van der Waals surface area (Å²) in [7, 11) is 0. The fraction of sp³-hybridized carbons (Fsp3) is 0.308. The fourth-order valence-corrected chi connectivity index (χ4v) is 2.88. The highest BCUT2D eigenvalue weighted by Crippen LogP contribution is 2.45. The molecule has 1 heterocycles. The molecule has 0 radical (unpaired) electrons. The number of nitrogens with zero attached hydrogens (tertiary/aromatic N) is 1. The van der Waals surface area contributed by atoms with Gasteiger partial charge < -0.3 is 5.73 Å². The summed E-state index contributed by atoms with van der Waals surface area (Å²) >= 11 is 1.49. The van der Waals surface area contributed by atoms with Gasteiger partial charge in [-0.15, -0.1) is 11.3 Å². The molecule has 0 saturated heterocycles. The third-order valence-electron chi connectivity index (χ3n) is 2.97. The van der Waals surface area contributed by atoms with Gasteiger partial charge in [-0.1, -0.05) is 11.6 Å². The Balaban J connectivity index is 2.10. The van der Waals surface area contributed by atoms with Crippen molar-refractivity contribution in [1.29, 1.82) is 0 Å². The lowest BCUT2D eigenvalue weighted by atomic mass is 10.1. The van der Waals surface area contributed by atoms with Gasteiger partial charge in [-0.25, -0.2) is 9.37 Å². The number of aromatic nitrogens is 1. The molecule has 0 spiro atoms. The van der Waals surface area contributed by atoms with Crippen LogP contribution in [0.1, 0.15) is 29.3 Å². The summed E-state index contributed by atoms with van der Waals surface area (Å²) in [5.41, 5.74) is 8.09. The Hall–Kier alpha value is -1.42. The minimum absolute atomic E-state index is 0.255. The average molecular weight is 248 g/mol. The Kier molecular flexibility index (Phi) is 2.40. The van der Waals surface area contributed by atoms with Crippen LogP contribution in [0.3, 0.4) is 0 Å². The van der Waals surface area contributed by atoms with E-state index in [0.717, 1.165) is 10.6 Å². The van der Waals surface area contributed by atoms with E-state index in [1.165, 1.54) is 30.2 Å². The van der Waals surface area contributed by atoms with Gasteiger partial charge in [0, 0.05) is 11.5 Å². The lowest BCUT2D eigenvalue weighted by molar-refractivity contribution is 0.630. The molecule has 1 aromatic carbocycles. The summed E-state index contributed by atoms with van der Waals surface area (Å²) in [4.78, 5) is 4.50. The van der Waals surface area contributed by atoms with Crippen LogP contribution in [0.4, 0.5) is 9.39 Å². The van der Waals surface area contributed by atoms with Crippen molar-refractivity contribution in [1.82, 2.24) is 4.98 Å². The molecule has 17 heavy (non-hydrogen) atoms. The summed E-state index contributed by atoms with van der Waals surface area (Å²) in [6.07, 6.45) is 2.37. The smallest absolute Gasteiger partial charge is 0.132 e. The van der Waals surface area contributed by atoms with Crippen LogP contribution in [0, 0.1) is 12.7 Å². The van der Waals surface area contributed by atoms with Crippen molar-refractivity contribution in [3.8, 4) is 11.3 Å². The first kappa shape index (κ1) is 10.7. The first-order chi connectivity index (χ1) is 8.15. The maximum atomic E-state index is 13.8. The van der Waals surface area contributed by atoms with Crippen LogP contribution in [0.5, 0.6) is 0 Å². The van der Waals surface area contributed by atoms with Gasteiger partial charge in [0.25, 0.3) is 0 Å². The van der Waals surface area contributed by atoms with Gasteiger partial charge in [0.2, 0.25) is 0 Å². The topological polar surface area (TPSA) is 38.9 Å². The van der Waals surface area contributed by atoms with E-state index in [0.29, 0.717) is 22.2 Å². The lowest BCUT2D eigenvalue weighted by Crippen LogP contribution is -1.90. The predicted molar refractivity (Wildman–Crippen MR) is 68.6 cm³/mol. The zero-order valence-corrected chi connectivity index (χ0v) is 10.4. The monoisotopic (exact) mass is 248 g/mol. The molecule has 1 saturated carbocycles. The number of hydrogen-bond acceptors (Lipinski definition) is 3. The van der Waals surface area contributed by atoms with Crippen LogP contribution >= 0.6 is 11.3 Å². The largest absolute Gasteiger partial charge is 0.389 e. The molecule has 88 valence electrons. The zero-order chi connectivity index (χ0) is 12.0. The van der Waals surface area contributed by atoms with Gasteiger partial charge >= 0.3 is 0 Å². The van der Waals surface area contributed by atoms with E-state index in [2.05, 4.69) is 4.98 Å². The molecule has 0 bridgehead atoms. The maximum Gasteiger partial charge on any atom is 0.132 e. The molecule has 1 aliphatic rings. The Morgan fingerprint density at radius 1 is 1.41 bits per heavy atom. The molecule has 1 aliphatic carbocycles. The molecule has 2 N–H and O–H groups in total.